The van der Waals surface area contributed by atoms with Crippen molar-refractivity contribution in [3.05, 3.63) is 36.3 Å². The van der Waals surface area contributed by atoms with E-state index in [0.29, 0.717) is 5.69 Å². The molecule has 0 atom stereocenters. The Morgan fingerprint density at radius 1 is 1.13 bits per heavy atom. The monoisotopic (exact) mass is 339 g/mol. The lowest BCUT2D eigenvalue weighted by Crippen LogP contribution is -2.30. The highest BCUT2D eigenvalue weighted by Crippen LogP contribution is 2.11. The van der Waals surface area contributed by atoms with Gasteiger partial charge in [-0.05, 0) is 44.1 Å². The fourth-order valence-corrected chi connectivity index (χ4v) is 2.79. The Kier molecular flexibility index (Phi) is 6.80. The topological polar surface area (TPSA) is 46.0 Å². The maximum atomic E-state index is 13.2. The van der Waals surface area contributed by atoms with E-state index in [-0.39, 0.29) is 18.2 Å². The van der Waals surface area contributed by atoms with Gasteiger partial charge in [-0.15, -0.1) is 17.5 Å². The molecule has 5 nitrogen and oxygen atoms in total. The van der Waals surface area contributed by atoms with E-state index in [1.807, 2.05) is 0 Å². The van der Waals surface area contributed by atoms with Gasteiger partial charge in [-0.25, -0.2) is 9.07 Å². The summed E-state index contributed by atoms with van der Waals surface area (Å²) in [5.41, 5.74) is 0.674. The van der Waals surface area contributed by atoms with Crippen LogP contribution in [-0.2, 0) is 0 Å². The van der Waals surface area contributed by atoms with Gasteiger partial charge in [0.15, 0.2) is 5.82 Å². The van der Waals surface area contributed by atoms with Crippen molar-refractivity contribution < 1.29 is 4.39 Å². The molecule has 1 aromatic heterocycles. The number of benzene rings is 1. The average molecular weight is 340 g/mol. The molecule has 0 radical (unpaired) electrons. The van der Waals surface area contributed by atoms with Crippen molar-refractivity contribution in [2.24, 2.45) is 0 Å². The summed E-state index contributed by atoms with van der Waals surface area (Å²) in [5.74, 6) is 0.447. The van der Waals surface area contributed by atoms with Crippen molar-refractivity contribution in [2.75, 3.05) is 31.5 Å². The predicted molar refractivity (Wildman–Crippen MR) is 92.0 cm³/mol. The molecule has 7 heteroatoms. The van der Waals surface area contributed by atoms with E-state index in [1.165, 1.54) is 50.9 Å². The maximum Gasteiger partial charge on any atom is 0.169 e. The zero-order chi connectivity index (χ0) is 15.2. The van der Waals surface area contributed by atoms with Crippen molar-refractivity contribution >= 4 is 18.2 Å². The van der Waals surface area contributed by atoms with Crippen molar-refractivity contribution in [3.63, 3.8) is 0 Å². The van der Waals surface area contributed by atoms with E-state index >= 15 is 0 Å². The van der Waals surface area contributed by atoms with Crippen LogP contribution in [0.3, 0.4) is 0 Å². The molecule has 0 unspecified atom stereocenters. The molecule has 1 saturated heterocycles. The summed E-state index contributed by atoms with van der Waals surface area (Å²) in [7, 11) is 0. The largest absolute Gasteiger partial charge is 0.366 e. The highest BCUT2D eigenvalue weighted by atomic mass is 35.5. The highest BCUT2D eigenvalue weighted by molar-refractivity contribution is 5.85. The first-order valence-corrected chi connectivity index (χ1v) is 7.96. The summed E-state index contributed by atoms with van der Waals surface area (Å²) in [4.78, 5) is 2.50. The number of rotatable bonds is 5. The van der Waals surface area contributed by atoms with Crippen LogP contribution >= 0.6 is 12.4 Å². The predicted octanol–water partition coefficient (Wildman–Crippen LogP) is 3.12. The minimum absolute atomic E-state index is 0. The molecule has 2 heterocycles. The van der Waals surface area contributed by atoms with Gasteiger partial charge in [0, 0.05) is 13.1 Å². The zero-order valence-electron chi connectivity index (χ0n) is 13.1. The van der Waals surface area contributed by atoms with E-state index in [2.05, 4.69) is 20.5 Å². The Balaban J connectivity index is 0.00000192. The number of nitrogens with zero attached hydrogens (tertiary/aromatic N) is 4. The first-order chi connectivity index (χ1) is 10.8. The molecular weight excluding hydrogens is 317 g/mol. The van der Waals surface area contributed by atoms with Crippen molar-refractivity contribution in [3.8, 4) is 5.69 Å². The number of aromatic nitrogens is 3. The quantitative estimate of drug-likeness (QED) is 0.909. The van der Waals surface area contributed by atoms with Crippen LogP contribution in [0.5, 0.6) is 0 Å². The van der Waals surface area contributed by atoms with Crippen LogP contribution in [0.1, 0.15) is 25.7 Å². The van der Waals surface area contributed by atoms with Gasteiger partial charge in [0.25, 0.3) is 0 Å². The van der Waals surface area contributed by atoms with E-state index in [0.717, 1.165) is 18.9 Å². The van der Waals surface area contributed by atoms with Crippen LogP contribution in [-0.4, -0.2) is 46.1 Å². The zero-order valence-corrected chi connectivity index (χ0v) is 13.9. The number of hydrogen-bond acceptors (Lipinski definition) is 4. The molecule has 1 aromatic carbocycles. The second-order valence-corrected chi connectivity index (χ2v) is 5.71. The SMILES string of the molecule is Cl.Fc1cccc(-n2cc(NCCN3CCCCCC3)nn2)c1. The Hall–Kier alpha value is -1.66. The summed E-state index contributed by atoms with van der Waals surface area (Å²) in [6, 6.07) is 6.33. The molecule has 1 aliphatic rings. The maximum absolute atomic E-state index is 13.2. The summed E-state index contributed by atoms with van der Waals surface area (Å²) in [6.07, 6.45) is 7.10. The second kappa shape index (κ2) is 8.84. The van der Waals surface area contributed by atoms with Crippen LogP contribution in [0.25, 0.3) is 5.69 Å². The molecule has 0 spiro atoms. The average Bonchev–Trinajstić information content (AvgIpc) is 2.84. The smallest absolute Gasteiger partial charge is 0.169 e. The van der Waals surface area contributed by atoms with E-state index in [1.54, 1.807) is 23.0 Å². The molecule has 0 saturated carbocycles. The lowest BCUT2D eigenvalue weighted by Gasteiger charge is -2.19. The van der Waals surface area contributed by atoms with Gasteiger partial charge in [-0.3, -0.25) is 0 Å². The Morgan fingerprint density at radius 3 is 2.65 bits per heavy atom. The van der Waals surface area contributed by atoms with E-state index in [4.69, 9.17) is 0 Å². The van der Waals surface area contributed by atoms with Crippen LogP contribution < -0.4 is 5.32 Å². The normalized spacial score (nSPS) is 15.7. The minimum Gasteiger partial charge on any atom is -0.366 e. The van der Waals surface area contributed by atoms with Crippen LogP contribution in [0.2, 0.25) is 0 Å². The van der Waals surface area contributed by atoms with Crippen LogP contribution in [0.4, 0.5) is 10.2 Å². The number of halogens is 2. The highest BCUT2D eigenvalue weighted by Gasteiger charge is 2.09. The number of nitrogens with one attached hydrogen (secondary N) is 1. The first-order valence-electron chi connectivity index (χ1n) is 7.96. The van der Waals surface area contributed by atoms with Crippen molar-refractivity contribution in [1.29, 1.82) is 0 Å². The Morgan fingerprint density at radius 2 is 1.91 bits per heavy atom. The standard InChI is InChI=1S/C16H22FN5.ClH/c17-14-6-5-7-15(12-14)22-13-16(19-20-22)18-8-11-21-9-3-1-2-4-10-21;/h5-7,12-13,18H,1-4,8-11H2;1H. The number of likely N-dealkylation sites (tertiary alicyclic amines) is 1. The van der Waals surface area contributed by atoms with Crippen molar-refractivity contribution in [1.82, 2.24) is 19.9 Å². The lowest BCUT2D eigenvalue weighted by molar-refractivity contribution is 0.296. The third kappa shape index (κ3) is 5.18. The second-order valence-electron chi connectivity index (χ2n) is 5.71. The molecule has 0 amide bonds. The lowest BCUT2D eigenvalue weighted by atomic mass is 10.2. The molecule has 1 N–H and O–H groups in total. The number of hydrogen-bond donors (Lipinski definition) is 1. The molecule has 3 rings (SSSR count). The Bertz CT molecular complexity index is 596. The number of anilines is 1. The molecule has 0 aliphatic carbocycles. The molecule has 126 valence electrons. The molecule has 1 fully saturated rings. The van der Waals surface area contributed by atoms with Gasteiger partial charge < -0.3 is 10.2 Å². The summed E-state index contributed by atoms with van der Waals surface area (Å²) < 4.78 is 14.8. The summed E-state index contributed by atoms with van der Waals surface area (Å²) in [5, 5.41) is 11.4. The van der Waals surface area contributed by atoms with Crippen molar-refractivity contribution in [2.45, 2.75) is 25.7 Å². The van der Waals surface area contributed by atoms with Crippen LogP contribution in [0.15, 0.2) is 30.5 Å². The fourth-order valence-electron chi connectivity index (χ4n) is 2.79. The summed E-state index contributed by atoms with van der Waals surface area (Å²) in [6.45, 7) is 4.25. The van der Waals surface area contributed by atoms with Gasteiger partial charge in [-0.1, -0.05) is 24.1 Å². The van der Waals surface area contributed by atoms with Gasteiger partial charge in [0.1, 0.15) is 5.82 Å². The first kappa shape index (κ1) is 17.7. The molecule has 23 heavy (non-hydrogen) atoms. The third-order valence-corrected chi connectivity index (χ3v) is 4.00. The fraction of sp³-hybridized carbons (Fsp3) is 0.500. The van der Waals surface area contributed by atoms with Crippen LogP contribution in [0, 0.1) is 5.82 Å². The molecule has 0 bridgehead atoms. The molecule has 2 aromatic rings. The van der Waals surface area contributed by atoms with Gasteiger partial charge in [-0.2, -0.15) is 0 Å². The third-order valence-electron chi connectivity index (χ3n) is 4.00. The van der Waals surface area contributed by atoms with E-state index < -0.39 is 0 Å². The molecular formula is C16H23ClFN5. The van der Waals surface area contributed by atoms with Gasteiger partial charge >= 0.3 is 0 Å². The van der Waals surface area contributed by atoms with Gasteiger partial charge in [0.05, 0.1) is 11.9 Å². The molecule has 1 aliphatic heterocycles. The summed E-state index contributed by atoms with van der Waals surface area (Å²) >= 11 is 0. The minimum atomic E-state index is -0.274. The van der Waals surface area contributed by atoms with E-state index in [9.17, 15) is 4.39 Å². The van der Waals surface area contributed by atoms with Gasteiger partial charge in [0.2, 0.25) is 0 Å². The Labute approximate surface area is 142 Å².